The fourth-order valence-corrected chi connectivity index (χ4v) is 4.54. The molecule has 0 bridgehead atoms. The van der Waals surface area contributed by atoms with Crippen LogP contribution in [0.15, 0.2) is 29.5 Å². The van der Waals surface area contributed by atoms with Gasteiger partial charge in [-0.05, 0) is 32.4 Å². The Morgan fingerprint density at radius 3 is 2.61 bits per heavy atom. The third-order valence-electron chi connectivity index (χ3n) is 6.40. The molecule has 0 saturated carbocycles. The molecular weight excluding hydrogens is 439 g/mol. The zero-order chi connectivity index (χ0) is 23.5. The number of imidazole rings is 1. The maximum atomic E-state index is 13.3. The summed E-state index contributed by atoms with van der Waals surface area (Å²) in [6.45, 7) is 3.65. The van der Waals surface area contributed by atoms with Crippen molar-refractivity contribution in [3.63, 3.8) is 0 Å². The number of hydrogen-bond donors (Lipinski definition) is 0. The molecular formula is C21H22F3N7O2. The summed E-state index contributed by atoms with van der Waals surface area (Å²) in [5.41, 5.74) is 1.07. The fourth-order valence-electron chi connectivity index (χ4n) is 4.54. The molecule has 0 radical (unpaired) electrons. The van der Waals surface area contributed by atoms with Crippen molar-refractivity contribution < 1.29 is 18.0 Å². The van der Waals surface area contributed by atoms with Gasteiger partial charge in [0.2, 0.25) is 0 Å². The number of amides is 1. The van der Waals surface area contributed by atoms with Gasteiger partial charge in [0.1, 0.15) is 17.2 Å². The lowest BCUT2D eigenvalue weighted by Gasteiger charge is -2.35. The van der Waals surface area contributed by atoms with Gasteiger partial charge in [0.15, 0.2) is 5.82 Å². The number of fused-ring (bicyclic) bond motifs is 2. The van der Waals surface area contributed by atoms with Crippen LogP contribution < -0.4 is 5.56 Å². The van der Waals surface area contributed by atoms with Crippen molar-refractivity contribution in [2.75, 3.05) is 0 Å². The first-order valence-corrected chi connectivity index (χ1v) is 10.7. The van der Waals surface area contributed by atoms with E-state index in [1.54, 1.807) is 36.1 Å². The molecule has 5 rings (SSSR count). The summed E-state index contributed by atoms with van der Waals surface area (Å²) >= 11 is 0. The zero-order valence-electron chi connectivity index (χ0n) is 18.1. The lowest BCUT2D eigenvalue weighted by Crippen LogP contribution is -2.50. The fraction of sp³-hybridized carbons (Fsp3) is 0.476. The number of carbonyl (C=O) groups excluding carboxylic acids is 1. The lowest BCUT2D eigenvalue weighted by molar-refractivity contribution is -0.182. The van der Waals surface area contributed by atoms with Crippen molar-refractivity contribution in [2.45, 2.75) is 58.5 Å². The lowest BCUT2D eigenvalue weighted by atomic mass is 9.99. The van der Waals surface area contributed by atoms with Crippen LogP contribution in [0.3, 0.4) is 0 Å². The van der Waals surface area contributed by atoms with Gasteiger partial charge in [-0.2, -0.15) is 13.2 Å². The Morgan fingerprint density at radius 1 is 1.12 bits per heavy atom. The van der Waals surface area contributed by atoms with Crippen LogP contribution in [0.4, 0.5) is 13.2 Å². The van der Waals surface area contributed by atoms with Crippen LogP contribution in [0.25, 0.3) is 5.69 Å². The van der Waals surface area contributed by atoms with E-state index < -0.39 is 12.1 Å². The predicted octanol–water partition coefficient (Wildman–Crippen LogP) is 2.10. The van der Waals surface area contributed by atoms with E-state index in [9.17, 15) is 22.8 Å². The van der Waals surface area contributed by atoms with Gasteiger partial charge in [-0.3, -0.25) is 9.59 Å². The van der Waals surface area contributed by atoms with Crippen LogP contribution in [0.2, 0.25) is 0 Å². The molecule has 9 nitrogen and oxygen atoms in total. The van der Waals surface area contributed by atoms with E-state index in [-0.39, 0.29) is 55.7 Å². The molecule has 12 heteroatoms. The molecule has 0 saturated heterocycles. The quantitative estimate of drug-likeness (QED) is 0.596. The smallest absolute Gasteiger partial charge is 0.325 e. The Bertz CT molecular complexity index is 1290. The average molecular weight is 461 g/mol. The zero-order valence-corrected chi connectivity index (χ0v) is 18.1. The highest BCUT2D eigenvalue weighted by Crippen LogP contribution is 2.34. The maximum absolute atomic E-state index is 13.3. The summed E-state index contributed by atoms with van der Waals surface area (Å²) in [4.78, 5) is 32.0. The van der Waals surface area contributed by atoms with Gasteiger partial charge in [0.05, 0.1) is 24.5 Å². The number of aryl methyl sites for hydroxylation is 2. The molecule has 0 aliphatic carbocycles. The SMILES string of the molecule is Cc1cn(-c2ccc3n(c2=O)C[C@@H](C)N(Cc2nnc4n2CC(C(F)(F)F)CC4)C3=O)cn1. The number of carbonyl (C=O) groups is 1. The number of rotatable bonds is 3. The van der Waals surface area contributed by atoms with E-state index in [4.69, 9.17) is 0 Å². The van der Waals surface area contributed by atoms with Crippen LogP contribution in [0.1, 0.15) is 41.2 Å². The molecule has 2 atom stereocenters. The Kier molecular flexibility index (Phi) is 4.91. The molecule has 0 spiro atoms. The van der Waals surface area contributed by atoms with Gasteiger partial charge in [-0.25, -0.2) is 4.98 Å². The van der Waals surface area contributed by atoms with Gasteiger partial charge in [-0.15, -0.1) is 10.2 Å². The summed E-state index contributed by atoms with van der Waals surface area (Å²) in [5.74, 6) is -1.02. The van der Waals surface area contributed by atoms with Crippen molar-refractivity contribution in [1.82, 2.24) is 33.8 Å². The van der Waals surface area contributed by atoms with E-state index >= 15 is 0 Å². The van der Waals surface area contributed by atoms with Crippen molar-refractivity contribution in [3.8, 4) is 5.69 Å². The van der Waals surface area contributed by atoms with Crippen LogP contribution in [0.5, 0.6) is 0 Å². The van der Waals surface area contributed by atoms with Crippen molar-refractivity contribution in [3.05, 3.63) is 58.0 Å². The molecule has 2 aliphatic heterocycles. The molecule has 5 heterocycles. The first-order chi connectivity index (χ1) is 15.6. The predicted molar refractivity (Wildman–Crippen MR) is 110 cm³/mol. The average Bonchev–Trinajstić information content (AvgIpc) is 3.37. The van der Waals surface area contributed by atoms with E-state index in [1.807, 2.05) is 6.92 Å². The third-order valence-corrected chi connectivity index (χ3v) is 6.40. The molecule has 0 fully saturated rings. The summed E-state index contributed by atoms with van der Waals surface area (Å²) < 4.78 is 44.3. The molecule has 2 aliphatic rings. The Labute approximate surface area is 186 Å². The second-order valence-corrected chi connectivity index (χ2v) is 8.64. The van der Waals surface area contributed by atoms with Crippen LogP contribution in [0, 0.1) is 12.8 Å². The first-order valence-electron chi connectivity index (χ1n) is 10.7. The second kappa shape index (κ2) is 7.56. The summed E-state index contributed by atoms with van der Waals surface area (Å²) in [5, 5.41) is 8.12. The monoisotopic (exact) mass is 461 g/mol. The highest BCUT2D eigenvalue weighted by Gasteiger charge is 2.42. The van der Waals surface area contributed by atoms with Gasteiger partial charge in [0, 0.05) is 31.7 Å². The Morgan fingerprint density at radius 2 is 1.91 bits per heavy atom. The summed E-state index contributed by atoms with van der Waals surface area (Å²) in [7, 11) is 0. The van der Waals surface area contributed by atoms with Crippen molar-refractivity contribution in [1.29, 1.82) is 0 Å². The molecule has 3 aromatic rings. The largest absolute Gasteiger partial charge is 0.393 e. The molecule has 3 aromatic heterocycles. The van der Waals surface area contributed by atoms with Gasteiger partial charge >= 0.3 is 6.18 Å². The Balaban J connectivity index is 1.43. The molecule has 0 N–H and O–H groups in total. The number of alkyl halides is 3. The van der Waals surface area contributed by atoms with E-state index in [0.717, 1.165) is 5.69 Å². The second-order valence-electron chi connectivity index (χ2n) is 8.64. The number of pyridine rings is 1. The number of hydrogen-bond acceptors (Lipinski definition) is 5. The highest BCUT2D eigenvalue weighted by molar-refractivity contribution is 5.93. The van der Waals surface area contributed by atoms with Gasteiger partial charge in [0.25, 0.3) is 11.5 Å². The topological polar surface area (TPSA) is 90.8 Å². The molecule has 33 heavy (non-hydrogen) atoms. The maximum Gasteiger partial charge on any atom is 0.393 e. The molecule has 174 valence electrons. The minimum absolute atomic E-state index is 0.0181. The number of aromatic nitrogens is 6. The number of nitrogens with zero attached hydrogens (tertiary/aromatic N) is 7. The molecule has 0 aromatic carbocycles. The minimum Gasteiger partial charge on any atom is -0.325 e. The van der Waals surface area contributed by atoms with E-state index in [2.05, 4.69) is 15.2 Å². The van der Waals surface area contributed by atoms with Crippen LogP contribution in [-0.4, -0.2) is 51.9 Å². The van der Waals surface area contributed by atoms with Gasteiger partial charge in [-0.1, -0.05) is 0 Å². The summed E-state index contributed by atoms with van der Waals surface area (Å²) in [6, 6.07) is 2.80. The summed E-state index contributed by atoms with van der Waals surface area (Å²) in [6.07, 6.45) is -0.848. The Hall–Kier alpha value is -3.44. The van der Waals surface area contributed by atoms with Crippen LogP contribution in [-0.2, 0) is 26.1 Å². The normalized spacial score (nSPS) is 20.6. The standard InChI is InChI=1S/C21H22F3N7O2/c1-12-7-28(11-25-12)15-4-5-16-20(33)29(13(2)8-30(16)19(15)32)10-18-27-26-17-6-3-14(9-31(17)18)21(22,23)24/h4-5,7,11,13-14H,3,6,8-10H2,1-2H3/t13-,14?/m1/s1. The molecule has 1 unspecified atom stereocenters. The third kappa shape index (κ3) is 3.62. The van der Waals surface area contributed by atoms with Gasteiger partial charge < -0.3 is 18.6 Å². The number of halogens is 3. The first kappa shape index (κ1) is 21.4. The van der Waals surface area contributed by atoms with E-state index in [1.165, 1.54) is 14.0 Å². The van der Waals surface area contributed by atoms with Crippen molar-refractivity contribution in [2.24, 2.45) is 5.92 Å². The highest BCUT2D eigenvalue weighted by atomic mass is 19.4. The van der Waals surface area contributed by atoms with E-state index in [0.29, 0.717) is 17.3 Å². The van der Waals surface area contributed by atoms with Crippen LogP contribution >= 0.6 is 0 Å². The molecule has 1 amide bonds. The minimum atomic E-state index is -4.29. The van der Waals surface area contributed by atoms with Crippen molar-refractivity contribution >= 4 is 5.91 Å².